The highest BCUT2D eigenvalue weighted by atomic mass is 16.1. The number of rotatable bonds is 6. The highest BCUT2D eigenvalue weighted by Gasteiger charge is 1.95. The third-order valence-corrected chi connectivity index (χ3v) is 2.40. The normalized spacial score (nSPS) is 10.5. The molecule has 0 aliphatic rings. The van der Waals surface area contributed by atoms with Crippen LogP contribution in [0.4, 0.5) is 0 Å². The second-order valence-electron chi connectivity index (χ2n) is 3.80. The Labute approximate surface area is 91.1 Å². The van der Waals surface area contributed by atoms with Crippen molar-refractivity contribution in [3.05, 3.63) is 34.2 Å². The molecule has 0 aliphatic carbocycles. The van der Waals surface area contributed by atoms with E-state index in [1.807, 2.05) is 19.2 Å². The maximum atomic E-state index is 11.5. The highest BCUT2D eigenvalue weighted by Crippen LogP contribution is 1.94. The molecule has 0 saturated heterocycles. The molecule has 0 aromatic carbocycles. The van der Waals surface area contributed by atoms with Gasteiger partial charge in [0.15, 0.2) is 0 Å². The predicted octanol–water partition coefficient (Wildman–Crippen LogP) is 1.55. The Balaban J connectivity index is 2.34. The fourth-order valence-corrected chi connectivity index (χ4v) is 1.50. The number of hydrogen-bond donors (Lipinski definition) is 1. The Bertz CT molecular complexity index is 344. The fraction of sp³-hybridized carbons (Fsp3) is 0.583. The van der Waals surface area contributed by atoms with Gasteiger partial charge in [-0.3, -0.25) is 4.79 Å². The van der Waals surface area contributed by atoms with Crippen LogP contribution >= 0.6 is 0 Å². The zero-order valence-electron chi connectivity index (χ0n) is 9.62. The van der Waals surface area contributed by atoms with E-state index in [4.69, 9.17) is 0 Å². The standard InChI is InChI=1S/C12H20N2O/c1-3-13-7-4-5-8-14-9-6-11(2)10-12(14)15/h6,9-10,13H,3-5,7-8H2,1-2H3. The van der Waals surface area contributed by atoms with Gasteiger partial charge in [-0.05, 0) is 44.5 Å². The Morgan fingerprint density at radius 2 is 2.20 bits per heavy atom. The van der Waals surface area contributed by atoms with E-state index in [1.165, 1.54) is 0 Å². The number of pyridine rings is 1. The van der Waals surface area contributed by atoms with Gasteiger partial charge in [-0.1, -0.05) is 6.92 Å². The lowest BCUT2D eigenvalue weighted by atomic mass is 10.2. The molecular weight excluding hydrogens is 188 g/mol. The van der Waals surface area contributed by atoms with E-state index in [-0.39, 0.29) is 5.56 Å². The Hall–Kier alpha value is -1.09. The molecule has 1 N–H and O–H groups in total. The molecule has 0 atom stereocenters. The van der Waals surface area contributed by atoms with Crippen LogP contribution in [0.1, 0.15) is 25.3 Å². The summed E-state index contributed by atoms with van der Waals surface area (Å²) in [6, 6.07) is 3.66. The lowest BCUT2D eigenvalue weighted by Gasteiger charge is -2.05. The van der Waals surface area contributed by atoms with Crippen LogP contribution < -0.4 is 10.9 Å². The number of aromatic nitrogens is 1. The molecule has 3 nitrogen and oxygen atoms in total. The van der Waals surface area contributed by atoms with Gasteiger partial charge < -0.3 is 9.88 Å². The fourth-order valence-electron chi connectivity index (χ4n) is 1.50. The van der Waals surface area contributed by atoms with Crippen LogP contribution in [0.3, 0.4) is 0 Å². The molecule has 0 fully saturated rings. The minimum Gasteiger partial charge on any atom is -0.317 e. The van der Waals surface area contributed by atoms with E-state index in [9.17, 15) is 4.79 Å². The first-order valence-corrected chi connectivity index (χ1v) is 5.62. The zero-order valence-corrected chi connectivity index (χ0v) is 9.62. The van der Waals surface area contributed by atoms with E-state index in [2.05, 4.69) is 12.2 Å². The summed E-state index contributed by atoms with van der Waals surface area (Å²) in [5, 5.41) is 3.27. The first kappa shape index (κ1) is 12.0. The van der Waals surface area contributed by atoms with Crippen LogP contribution in [0.15, 0.2) is 23.1 Å². The summed E-state index contributed by atoms with van der Waals surface area (Å²) in [5.41, 5.74) is 1.14. The van der Waals surface area contributed by atoms with Crippen LogP contribution in [-0.4, -0.2) is 17.7 Å². The average Bonchev–Trinajstić information content (AvgIpc) is 2.20. The van der Waals surface area contributed by atoms with E-state index in [1.54, 1.807) is 10.6 Å². The molecule has 0 saturated carbocycles. The van der Waals surface area contributed by atoms with Crippen LogP contribution in [0.2, 0.25) is 0 Å². The minimum atomic E-state index is 0.110. The monoisotopic (exact) mass is 208 g/mol. The van der Waals surface area contributed by atoms with Crippen molar-refractivity contribution in [2.45, 2.75) is 33.2 Å². The topological polar surface area (TPSA) is 34.0 Å². The van der Waals surface area contributed by atoms with Gasteiger partial charge in [0.1, 0.15) is 0 Å². The second-order valence-corrected chi connectivity index (χ2v) is 3.80. The quantitative estimate of drug-likeness (QED) is 0.720. The molecule has 0 amide bonds. The summed E-state index contributed by atoms with van der Waals surface area (Å²) >= 11 is 0. The summed E-state index contributed by atoms with van der Waals surface area (Å²) in [4.78, 5) is 11.5. The first-order chi connectivity index (χ1) is 7.24. The maximum Gasteiger partial charge on any atom is 0.250 e. The van der Waals surface area contributed by atoms with Crippen LogP contribution in [0, 0.1) is 6.92 Å². The van der Waals surface area contributed by atoms with Gasteiger partial charge in [-0.2, -0.15) is 0 Å². The van der Waals surface area contributed by atoms with Crippen LogP contribution in [0.25, 0.3) is 0 Å². The molecule has 0 radical (unpaired) electrons. The highest BCUT2D eigenvalue weighted by molar-refractivity contribution is 5.07. The lowest BCUT2D eigenvalue weighted by molar-refractivity contribution is 0.566. The Morgan fingerprint density at radius 3 is 2.87 bits per heavy atom. The summed E-state index contributed by atoms with van der Waals surface area (Å²) in [6.45, 7) is 6.92. The molecule has 1 aromatic heterocycles. The number of nitrogens with one attached hydrogen (secondary N) is 1. The summed E-state index contributed by atoms with van der Waals surface area (Å²) in [5.74, 6) is 0. The largest absolute Gasteiger partial charge is 0.317 e. The summed E-state index contributed by atoms with van der Waals surface area (Å²) < 4.78 is 1.78. The van der Waals surface area contributed by atoms with Crippen LogP contribution in [0.5, 0.6) is 0 Å². The van der Waals surface area contributed by atoms with Gasteiger partial charge in [0.2, 0.25) is 0 Å². The Kier molecular flexibility index (Phi) is 5.12. The number of aryl methyl sites for hydroxylation is 2. The number of hydrogen-bond acceptors (Lipinski definition) is 2. The maximum absolute atomic E-state index is 11.5. The van der Waals surface area contributed by atoms with E-state index in [0.717, 1.165) is 38.0 Å². The molecule has 1 heterocycles. The molecule has 1 rings (SSSR count). The zero-order chi connectivity index (χ0) is 11.1. The molecule has 0 spiro atoms. The van der Waals surface area contributed by atoms with Crippen molar-refractivity contribution in [1.82, 2.24) is 9.88 Å². The van der Waals surface area contributed by atoms with Crippen molar-refractivity contribution in [2.24, 2.45) is 0 Å². The van der Waals surface area contributed by atoms with Gasteiger partial charge in [0.05, 0.1) is 0 Å². The molecule has 3 heteroatoms. The minimum absolute atomic E-state index is 0.110. The molecule has 0 unspecified atom stereocenters. The number of unbranched alkanes of at least 4 members (excludes halogenated alkanes) is 1. The van der Waals surface area contributed by atoms with Gasteiger partial charge in [0.25, 0.3) is 5.56 Å². The van der Waals surface area contributed by atoms with Crippen molar-refractivity contribution in [1.29, 1.82) is 0 Å². The smallest absolute Gasteiger partial charge is 0.250 e. The van der Waals surface area contributed by atoms with Gasteiger partial charge >= 0.3 is 0 Å². The third kappa shape index (κ3) is 4.30. The summed E-state index contributed by atoms with van der Waals surface area (Å²) in [6.07, 6.45) is 4.05. The first-order valence-electron chi connectivity index (χ1n) is 5.62. The molecule has 0 aliphatic heterocycles. The molecule has 0 bridgehead atoms. The Morgan fingerprint density at radius 1 is 1.40 bits per heavy atom. The SMILES string of the molecule is CCNCCCCn1ccc(C)cc1=O. The third-order valence-electron chi connectivity index (χ3n) is 2.40. The number of nitrogens with zero attached hydrogens (tertiary/aromatic N) is 1. The van der Waals surface area contributed by atoms with Crippen molar-refractivity contribution in [3.8, 4) is 0 Å². The van der Waals surface area contributed by atoms with Crippen molar-refractivity contribution in [3.63, 3.8) is 0 Å². The lowest BCUT2D eigenvalue weighted by Crippen LogP contribution is -2.20. The molecular formula is C12H20N2O. The second kappa shape index (κ2) is 6.40. The van der Waals surface area contributed by atoms with Crippen LogP contribution in [-0.2, 0) is 6.54 Å². The van der Waals surface area contributed by atoms with Gasteiger partial charge in [0, 0.05) is 18.8 Å². The van der Waals surface area contributed by atoms with E-state index in [0.29, 0.717) is 0 Å². The van der Waals surface area contributed by atoms with E-state index >= 15 is 0 Å². The molecule has 1 aromatic rings. The molecule has 15 heavy (non-hydrogen) atoms. The predicted molar refractivity (Wildman–Crippen MR) is 63.2 cm³/mol. The van der Waals surface area contributed by atoms with Gasteiger partial charge in [-0.15, -0.1) is 0 Å². The summed E-state index contributed by atoms with van der Waals surface area (Å²) in [7, 11) is 0. The van der Waals surface area contributed by atoms with Crippen molar-refractivity contribution < 1.29 is 0 Å². The van der Waals surface area contributed by atoms with E-state index < -0.39 is 0 Å². The molecule has 84 valence electrons. The van der Waals surface area contributed by atoms with Crippen molar-refractivity contribution in [2.75, 3.05) is 13.1 Å². The van der Waals surface area contributed by atoms with Crippen molar-refractivity contribution >= 4 is 0 Å². The van der Waals surface area contributed by atoms with Gasteiger partial charge in [-0.25, -0.2) is 0 Å². The average molecular weight is 208 g/mol.